The number of rotatable bonds is 6. The molecule has 0 aliphatic rings. The van der Waals surface area contributed by atoms with Gasteiger partial charge in [-0.15, -0.1) is 0 Å². The first-order valence-electron chi connectivity index (χ1n) is 11.9. The molecule has 0 fully saturated rings. The number of fused-ring (bicyclic) bond motifs is 1. The molecule has 3 aromatic carbocycles. The molecule has 1 atom stereocenters. The van der Waals surface area contributed by atoms with E-state index >= 15 is 0 Å². The fraction of sp³-hybridized carbons (Fsp3) is 0.273. The number of benzene rings is 3. The second-order valence-corrected chi connectivity index (χ2v) is 5.64. The summed E-state index contributed by atoms with van der Waals surface area (Å²) in [4.78, 5) is 0. The smallest absolute Gasteiger partial charge is 0.310 e. The van der Waals surface area contributed by atoms with Crippen LogP contribution in [-0.4, -0.2) is 6.50 Å². The Balaban J connectivity index is 2.00. The molecule has 3 aromatic rings. The standard InChI is InChI=1S/C22H22F3N/c1-16(20-13-5-10-18-9-2-3-12-21(18)20)26-14-6-8-17-7-4-11-19(15-17)22(23,24)25/h2-5,7,9-13,15-16,26H,6,8,14H2,1H3/t16-/m0/s1/i1D3,8D2,14D2,16D. The van der Waals surface area contributed by atoms with Gasteiger partial charge in [-0.3, -0.25) is 0 Å². The van der Waals surface area contributed by atoms with E-state index in [1.54, 1.807) is 30.3 Å². The molecule has 0 aliphatic carbocycles. The summed E-state index contributed by atoms with van der Waals surface area (Å²) in [5.74, 6) is 0. The molecule has 3 rings (SSSR count). The molecule has 0 unspecified atom stereocenters. The lowest BCUT2D eigenvalue weighted by atomic mass is 9.99. The van der Waals surface area contributed by atoms with Gasteiger partial charge in [0.2, 0.25) is 0 Å². The fourth-order valence-electron chi connectivity index (χ4n) is 2.60. The minimum Gasteiger partial charge on any atom is -0.310 e. The third kappa shape index (κ3) is 4.44. The maximum absolute atomic E-state index is 13.1. The molecule has 4 heteroatoms. The summed E-state index contributed by atoms with van der Waals surface area (Å²) < 4.78 is 105. The van der Waals surface area contributed by atoms with E-state index in [0.29, 0.717) is 16.8 Å². The van der Waals surface area contributed by atoms with Crippen molar-refractivity contribution in [1.29, 1.82) is 0 Å². The molecule has 0 radical (unpaired) electrons. The van der Waals surface area contributed by atoms with Crippen LogP contribution in [0.5, 0.6) is 0 Å². The minimum absolute atomic E-state index is 0.0332. The van der Waals surface area contributed by atoms with Gasteiger partial charge in [-0.2, -0.15) is 13.2 Å². The fourth-order valence-corrected chi connectivity index (χ4v) is 2.60. The highest BCUT2D eigenvalue weighted by Crippen LogP contribution is 2.29. The molecule has 0 bridgehead atoms. The summed E-state index contributed by atoms with van der Waals surface area (Å²) in [6.07, 6.45) is -8.36. The normalized spacial score (nSPS) is 20.4. The van der Waals surface area contributed by atoms with Gasteiger partial charge in [-0.1, -0.05) is 60.7 Å². The van der Waals surface area contributed by atoms with Crippen molar-refractivity contribution in [2.45, 2.75) is 31.8 Å². The van der Waals surface area contributed by atoms with Crippen molar-refractivity contribution < 1.29 is 24.1 Å². The van der Waals surface area contributed by atoms with Gasteiger partial charge in [-0.25, -0.2) is 0 Å². The van der Waals surface area contributed by atoms with Crippen LogP contribution >= 0.6 is 0 Å². The Morgan fingerprint density at radius 1 is 1.08 bits per heavy atom. The molecule has 26 heavy (non-hydrogen) atoms. The zero-order chi connectivity index (χ0) is 25.6. The number of nitrogens with one attached hydrogen (secondary N) is 1. The van der Waals surface area contributed by atoms with E-state index in [-0.39, 0.29) is 5.56 Å². The molecule has 0 amide bonds. The van der Waals surface area contributed by atoms with Crippen LogP contribution in [0.2, 0.25) is 0 Å². The Labute approximate surface area is 163 Å². The van der Waals surface area contributed by atoms with Crippen LogP contribution in [-0.2, 0) is 12.5 Å². The Morgan fingerprint density at radius 3 is 2.65 bits per heavy atom. The van der Waals surface area contributed by atoms with Crippen LogP contribution in [0.1, 0.15) is 46.9 Å². The molecule has 0 aromatic heterocycles. The first kappa shape index (κ1) is 10.7. The Bertz CT molecular complexity index is 1170. The van der Waals surface area contributed by atoms with Gasteiger partial charge >= 0.3 is 6.18 Å². The highest BCUT2D eigenvalue weighted by Gasteiger charge is 2.30. The van der Waals surface area contributed by atoms with Gasteiger partial charge in [0.15, 0.2) is 0 Å². The van der Waals surface area contributed by atoms with Gasteiger partial charge < -0.3 is 5.32 Å². The predicted molar refractivity (Wildman–Crippen MR) is 100 cm³/mol. The summed E-state index contributed by atoms with van der Waals surface area (Å²) >= 11 is 0. The summed E-state index contributed by atoms with van der Waals surface area (Å²) in [7, 11) is 0. The highest BCUT2D eigenvalue weighted by atomic mass is 19.4. The lowest BCUT2D eigenvalue weighted by Gasteiger charge is -2.17. The Kier molecular flexibility index (Phi) is 3.27. The lowest BCUT2D eigenvalue weighted by molar-refractivity contribution is -0.137. The zero-order valence-corrected chi connectivity index (χ0v) is 13.7. The van der Waals surface area contributed by atoms with Gasteiger partial charge in [-0.05, 0) is 54.1 Å². The third-order valence-corrected chi connectivity index (χ3v) is 3.84. The molecule has 0 heterocycles. The topological polar surface area (TPSA) is 12.0 Å². The molecular formula is C22H22F3N. The van der Waals surface area contributed by atoms with Crippen LogP contribution < -0.4 is 5.32 Å². The molecule has 0 saturated carbocycles. The first-order chi connectivity index (χ1) is 15.5. The number of aryl methyl sites for hydroxylation is 1. The van der Waals surface area contributed by atoms with Gasteiger partial charge in [0.1, 0.15) is 0 Å². The van der Waals surface area contributed by atoms with Crippen molar-refractivity contribution in [3.8, 4) is 0 Å². The number of hydrogen-bond donors (Lipinski definition) is 1. The minimum atomic E-state index is -4.71. The number of hydrogen-bond acceptors (Lipinski definition) is 1. The van der Waals surface area contributed by atoms with Gasteiger partial charge in [0.25, 0.3) is 0 Å². The van der Waals surface area contributed by atoms with Gasteiger partial charge in [0.05, 0.1) is 6.93 Å². The van der Waals surface area contributed by atoms with Crippen molar-refractivity contribution >= 4 is 10.8 Å². The molecule has 136 valence electrons. The SMILES string of the molecule is [2H]C([2H])(CC([2H])([2H])c1cccc(C(F)(F)F)c1)N[C@]([2H])(c1cccc2ccccc12)C([2H])([2H])[2H]. The van der Waals surface area contributed by atoms with E-state index in [1.807, 2.05) is 0 Å². The number of alkyl halides is 3. The van der Waals surface area contributed by atoms with Crippen LogP contribution in [0.4, 0.5) is 13.2 Å². The molecule has 1 N–H and O–H groups in total. The van der Waals surface area contributed by atoms with E-state index < -0.39 is 49.5 Å². The Hall–Kier alpha value is -2.33. The predicted octanol–water partition coefficient (Wildman–Crippen LogP) is 6.14. The second kappa shape index (κ2) is 7.92. The van der Waals surface area contributed by atoms with E-state index in [9.17, 15) is 13.2 Å². The molecular weight excluding hydrogens is 335 g/mol. The van der Waals surface area contributed by atoms with Crippen LogP contribution in [0.3, 0.4) is 0 Å². The zero-order valence-electron chi connectivity index (χ0n) is 21.7. The van der Waals surface area contributed by atoms with Crippen molar-refractivity contribution in [3.63, 3.8) is 0 Å². The maximum atomic E-state index is 13.1. The molecule has 0 aliphatic heterocycles. The largest absolute Gasteiger partial charge is 0.416 e. The van der Waals surface area contributed by atoms with Crippen molar-refractivity contribution in [2.24, 2.45) is 0 Å². The number of halogens is 3. The average Bonchev–Trinajstić information content (AvgIpc) is 2.70. The summed E-state index contributed by atoms with van der Waals surface area (Å²) in [6.45, 7) is -5.86. The summed E-state index contributed by atoms with van der Waals surface area (Å²) in [6, 6.07) is 12.1. The van der Waals surface area contributed by atoms with Crippen LogP contribution in [0, 0.1) is 0 Å². The second-order valence-electron chi connectivity index (χ2n) is 5.64. The van der Waals surface area contributed by atoms with Crippen molar-refractivity contribution in [2.75, 3.05) is 6.50 Å². The van der Waals surface area contributed by atoms with Crippen LogP contribution in [0.15, 0.2) is 66.7 Å². The van der Waals surface area contributed by atoms with Crippen molar-refractivity contribution in [3.05, 3.63) is 83.4 Å². The van der Waals surface area contributed by atoms with Crippen molar-refractivity contribution in [1.82, 2.24) is 5.32 Å². The summed E-state index contributed by atoms with van der Waals surface area (Å²) in [5.41, 5.74) is -1.53. The van der Waals surface area contributed by atoms with E-state index in [2.05, 4.69) is 5.32 Å². The molecule has 0 saturated heterocycles. The van der Waals surface area contributed by atoms with E-state index in [4.69, 9.17) is 11.0 Å². The highest BCUT2D eigenvalue weighted by molar-refractivity contribution is 5.86. The average molecular weight is 365 g/mol. The van der Waals surface area contributed by atoms with E-state index in [1.165, 1.54) is 12.1 Å². The Morgan fingerprint density at radius 2 is 1.85 bits per heavy atom. The van der Waals surface area contributed by atoms with E-state index in [0.717, 1.165) is 18.2 Å². The first-order valence-corrected chi connectivity index (χ1v) is 7.92. The summed E-state index contributed by atoms with van der Waals surface area (Å²) in [5, 5.41) is 3.19. The quantitative estimate of drug-likeness (QED) is 0.553. The third-order valence-electron chi connectivity index (χ3n) is 3.84. The molecule has 0 spiro atoms. The van der Waals surface area contributed by atoms with Gasteiger partial charge in [0, 0.05) is 15.6 Å². The van der Waals surface area contributed by atoms with Crippen LogP contribution in [0.25, 0.3) is 10.8 Å². The maximum Gasteiger partial charge on any atom is 0.416 e. The lowest BCUT2D eigenvalue weighted by Crippen LogP contribution is -2.20. The monoisotopic (exact) mass is 365 g/mol. The molecule has 1 nitrogen and oxygen atoms in total.